The normalized spacial score (nSPS) is 10.0. The molecular weight excluding hydrogens is 192 g/mol. The molecule has 0 radical (unpaired) electrons. The third-order valence-corrected chi connectivity index (χ3v) is 2.22. The highest BCUT2D eigenvalue weighted by Crippen LogP contribution is 1.89. The first-order chi connectivity index (χ1) is 7.24. The summed E-state index contributed by atoms with van der Waals surface area (Å²) in [6.07, 6.45) is 4.56. The highest BCUT2D eigenvalue weighted by atomic mass is 16.2. The number of carbonyl (C=O) groups excluding carboxylic acids is 1. The zero-order chi connectivity index (χ0) is 11.1. The molecular formula is C10H18N4O. The van der Waals surface area contributed by atoms with E-state index in [2.05, 4.69) is 10.4 Å². The molecule has 1 rings (SSSR count). The second-order valence-electron chi connectivity index (χ2n) is 3.37. The molecule has 5 nitrogen and oxygen atoms in total. The number of rotatable bonds is 5. The average Bonchev–Trinajstić information content (AvgIpc) is 2.75. The minimum atomic E-state index is -0.0158. The van der Waals surface area contributed by atoms with Gasteiger partial charge in [0.2, 0.25) is 0 Å². The van der Waals surface area contributed by atoms with Crippen molar-refractivity contribution in [3.8, 4) is 0 Å². The molecule has 0 saturated heterocycles. The van der Waals surface area contributed by atoms with Crippen molar-refractivity contribution in [3.63, 3.8) is 0 Å². The van der Waals surface area contributed by atoms with Gasteiger partial charge in [-0.25, -0.2) is 4.79 Å². The number of amides is 2. The fraction of sp³-hybridized carbons (Fsp3) is 0.600. The van der Waals surface area contributed by atoms with Crippen molar-refractivity contribution in [2.24, 2.45) is 0 Å². The molecule has 0 atom stereocenters. The number of aryl methyl sites for hydroxylation is 1. The highest BCUT2D eigenvalue weighted by Gasteiger charge is 2.03. The zero-order valence-electron chi connectivity index (χ0n) is 9.31. The molecule has 1 aromatic rings. The number of hydrogen-bond acceptors (Lipinski definition) is 2. The van der Waals surface area contributed by atoms with Crippen molar-refractivity contribution in [1.82, 2.24) is 20.0 Å². The van der Waals surface area contributed by atoms with Gasteiger partial charge in [0.1, 0.15) is 0 Å². The molecule has 0 aliphatic heterocycles. The van der Waals surface area contributed by atoms with Crippen LogP contribution in [-0.2, 0) is 6.54 Å². The van der Waals surface area contributed by atoms with Gasteiger partial charge >= 0.3 is 6.03 Å². The van der Waals surface area contributed by atoms with E-state index in [0.29, 0.717) is 6.54 Å². The molecule has 0 fully saturated rings. The molecule has 0 aliphatic carbocycles. The van der Waals surface area contributed by atoms with Crippen LogP contribution in [0.3, 0.4) is 0 Å². The van der Waals surface area contributed by atoms with Gasteiger partial charge in [0.05, 0.1) is 0 Å². The van der Waals surface area contributed by atoms with E-state index in [1.807, 2.05) is 23.9 Å². The topological polar surface area (TPSA) is 50.2 Å². The summed E-state index contributed by atoms with van der Waals surface area (Å²) in [5.41, 5.74) is 0. The molecule has 84 valence electrons. The Balaban J connectivity index is 2.09. The third kappa shape index (κ3) is 4.01. The van der Waals surface area contributed by atoms with Crippen molar-refractivity contribution >= 4 is 6.03 Å². The molecule has 1 N–H and O–H groups in total. The van der Waals surface area contributed by atoms with E-state index in [1.54, 1.807) is 18.1 Å². The third-order valence-electron chi connectivity index (χ3n) is 2.22. The minimum absolute atomic E-state index is 0.0158. The van der Waals surface area contributed by atoms with Gasteiger partial charge in [-0.3, -0.25) is 4.68 Å². The fourth-order valence-electron chi connectivity index (χ4n) is 1.15. The van der Waals surface area contributed by atoms with Crippen molar-refractivity contribution in [2.45, 2.75) is 19.9 Å². The van der Waals surface area contributed by atoms with Crippen LogP contribution in [0.5, 0.6) is 0 Å². The first kappa shape index (κ1) is 11.6. The number of aromatic nitrogens is 2. The Morgan fingerprint density at radius 3 is 3.00 bits per heavy atom. The number of nitrogens with zero attached hydrogens (tertiary/aromatic N) is 3. The van der Waals surface area contributed by atoms with Gasteiger partial charge in [-0.15, -0.1) is 0 Å². The Hall–Kier alpha value is -1.52. The Labute approximate surface area is 90.1 Å². The van der Waals surface area contributed by atoms with Crippen LogP contribution in [0, 0.1) is 0 Å². The molecule has 0 unspecified atom stereocenters. The van der Waals surface area contributed by atoms with Crippen LogP contribution in [0.15, 0.2) is 18.5 Å². The summed E-state index contributed by atoms with van der Waals surface area (Å²) < 4.78 is 1.86. The van der Waals surface area contributed by atoms with Gasteiger partial charge in [-0.2, -0.15) is 5.10 Å². The molecule has 2 amide bonds. The quantitative estimate of drug-likeness (QED) is 0.735. The van der Waals surface area contributed by atoms with E-state index >= 15 is 0 Å². The maximum Gasteiger partial charge on any atom is 0.317 e. The fourth-order valence-corrected chi connectivity index (χ4v) is 1.15. The van der Waals surface area contributed by atoms with Gasteiger partial charge in [0, 0.05) is 39.1 Å². The first-order valence-corrected chi connectivity index (χ1v) is 5.20. The zero-order valence-corrected chi connectivity index (χ0v) is 9.31. The lowest BCUT2D eigenvalue weighted by Gasteiger charge is -2.15. The van der Waals surface area contributed by atoms with Crippen molar-refractivity contribution in [1.29, 1.82) is 0 Å². The summed E-state index contributed by atoms with van der Waals surface area (Å²) in [6.45, 7) is 4.19. The molecule has 1 heterocycles. The maximum atomic E-state index is 11.3. The van der Waals surface area contributed by atoms with E-state index in [9.17, 15) is 4.79 Å². The van der Waals surface area contributed by atoms with Crippen LogP contribution in [0.4, 0.5) is 4.79 Å². The number of nitrogens with one attached hydrogen (secondary N) is 1. The average molecular weight is 210 g/mol. The van der Waals surface area contributed by atoms with Gasteiger partial charge in [-0.05, 0) is 19.4 Å². The van der Waals surface area contributed by atoms with E-state index in [4.69, 9.17) is 0 Å². The van der Waals surface area contributed by atoms with Gasteiger partial charge in [-0.1, -0.05) is 0 Å². The second kappa shape index (κ2) is 6.06. The van der Waals surface area contributed by atoms with Gasteiger partial charge in [0.25, 0.3) is 0 Å². The summed E-state index contributed by atoms with van der Waals surface area (Å²) in [5, 5.41) is 6.92. The van der Waals surface area contributed by atoms with Crippen LogP contribution in [0.1, 0.15) is 13.3 Å². The van der Waals surface area contributed by atoms with Crippen LogP contribution in [0.25, 0.3) is 0 Å². The number of carbonyl (C=O) groups is 1. The van der Waals surface area contributed by atoms with Gasteiger partial charge < -0.3 is 10.2 Å². The Morgan fingerprint density at radius 1 is 1.60 bits per heavy atom. The van der Waals surface area contributed by atoms with Crippen molar-refractivity contribution < 1.29 is 4.79 Å². The highest BCUT2D eigenvalue weighted by molar-refractivity contribution is 5.73. The predicted octanol–water partition coefficient (Wildman–Crippen LogP) is 0.934. The molecule has 0 spiro atoms. The summed E-state index contributed by atoms with van der Waals surface area (Å²) in [7, 11) is 1.78. The van der Waals surface area contributed by atoms with E-state index in [0.717, 1.165) is 19.5 Å². The predicted molar refractivity (Wildman–Crippen MR) is 58.5 cm³/mol. The van der Waals surface area contributed by atoms with Crippen LogP contribution in [-0.4, -0.2) is 40.8 Å². The van der Waals surface area contributed by atoms with Crippen molar-refractivity contribution in [3.05, 3.63) is 18.5 Å². The second-order valence-corrected chi connectivity index (χ2v) is 3.37. The molecule has 1 aromatic heterocycles. The smallest absolute Gasteiger partial charge is 0.317 e. The van der Waals surface area contributed by atoms with Crippen LogP contribution in [0.2, 0.25) is 0 Å². The Bertz CT molecular complexity index is 284. The first-order valence-electron chi connectivity index (χ1n) is 5.20. The molecule has 0 aromatic carbocycles. The summed E-state index contributed by atoms with van der Waals surface area (Å²) in [5.74, 6) is 0. The van der Waals surface area contributed by atoms with Gasteiger partial charge in [0.15, 0.2) is 0 Å². The SMILES string of the molecule is CCN(C)C(=O)NCCCn1cccn1. The summed E-state index contributed by atoms with van der Waals surface area (Å²) in [4.78, 5) is 13.0. The number of hydrogen-bond donors (Lipinski definition) is 1. The Morgan fingerprint density at radius 2 is 2.40 bits per heavy atom. The lowest BCUT2D eigenvalue weighted by atomic mass is 10.4. The van der Waals surface area contributed by atoms with Crippen LogP contribution >= 0.6 is 0 Å². The largest absolute Gasteiger partial charge is 0.338 e. The van der Waals surface area contributed by atoms with Crippen LogP contribution < -0.4 is 5.32 Å². The molecule has 0 bridgehead atoms. The van der Waals surface area contributed by atoms with E-state index in [-0.39, 0.29) is 6.03 Å². The lowest BCUT2D eigenvalue weighted by molar-refractivity contribution is 0.210. The lowest BCUT2D eigenvalue weighted by Crippen LogP contribution is -2.37. The molecule has 0 saturated carbocycles. The van der Waals surface area contributed by atoms with Crippen molar-refractivity contribution in [2.75, 3.05) is 20.1 Å². The van der Waals surface area contributed by atoms with E-state index < -0.39 is 0 Å². The molecule has 5 heteroatoms. The molecule has 0 aliphatic rings. The monoisotopic (exact) mass is 210 g/mol. The standard InChI is InChI=1S/C10H18N4O/c1-3-13(2)10(15)11-6-4-8-14-9-5-7-12-14/h5,7,9H,3-4,6,8H2,1-2H3,(H,11,15). The summed E-state index contributed by atoms with van der Waals surface area (Å²) in [6, 6.07) is 1.88. The summed E-state index contributed by atoms with van der Waals surface area (Å²) >= 11 is 0. The number of urea groups is 1. The Kier molecular flexibility index (Phi) is 4.66. The molecule has 15 heavy (non-hydrogen) atoms. The minimum Gasteiger partial charge on any atom is -0.338 e. The maximum absolute atomic E-state index is 11.3. The van der Waals surface area contributed by atoms with E-state index in [1.165, 1.54) is 0 Å².